The zero-order valence-corrected chi connectivity index (χ0v) is 16.5. The molecule has 4 rings (SSSR count). The highest BCUT2D eigenvalue weighted by Crippen LogP contribution is 2.35. The lowest BCUT2D eigenvalue weighted by Gasteiger charge is -2.30. The molecular formula is C23H23N3O3. The Morgan fingerprint density at radius 1 is 1.14 bits per heavy atom. The van der Waals surface area contributed by atoms with Crippen molar-refractivity contribution in [2.45, 2.75) is 26.2 Å². The van der Waals surface area contributed by atoms with E-state index in [2.05, 4.69) is 10.3 Å². The topological polar surface area (TPSA) is 63.7 Å². The molecule has 1 N–H and O–H groups in total. The molecule has 1 atom stereocenters. The van der Waals surface area contributed by atoms with Gasteiger partial charge in [0.05, 0.1) is 5.69 Å². The van der Waals surface area contributed by atoms with Gasteiger partial charge in [0.2, 0.25) is 0 Å². The summed E-state index contributed by atoms with van der Waals surface area (Å²) in [6.45, 7) is 2.88. The summed E-state index contributed by atoms with van der Waals surface area (Å²) in [5.74, 6) is 1.48. The number of amides is 1. The van der Waals surface area contributed by atoms with Gasteiger partial charge in [-0.25, -0.2) is 0 Å². The molecule has 1 aliphatic rings. The van der Waals surface area contributed by atoms with Gasteiger partial charge in [0.25, 0.3) is 5.91 Å². The highest BCUT2D eigenvalue weighted by Gasteiger charge is 2.28. The van der Waals surface area contributed by atoms with Gasteiger partial charge in [-0.15, -0.1) is 0 Å². The molecule has 2 aromatic carbocycles. The second kappa shape index (κ2) is 8.22. The maximum absolute atomic E-state index is 12.1. The van der Waals surface area contributed by atoms with Gasteiger partial charge in [-0.05, 0) is 48.9 Å². The van der Waals surface area contributed by atoms with Crippen LogP contribution < -0.4 is 19.7 Å². The SMILES string of the molecule is C[C@H]1Oc2ccc(NCc3cccc(OCc4cccnc4)c3)cc2N(C)C1=O. The minimum Gasteiger partial charge on any atom is -0.489 e. The van der Waals surface area contributed by atoms with Crippen LogP contribution in [-0.2, 0) is 17.9 Å². The second-order valence-corrected chi connectivity index (χ2v) is 6.99. The highest BCUT2D eigenvalue weighted by molar-refractivity contribution is 5.99. The number of rotatable bonds is 6. The first kappa shape index (κ1) is 18.8. The zero-order valence-electron chi connectivity index (χ0n) is 16.5. The number of nitrogens with zero attached hydrogens (tertiary/aromatic N) is 2. The minimum absolute atomic E-state index is 0.0480. The Morgan fingerprint density at radius 3 is 2.83 bits per heavy atom. The molecule has 0 saturated carbocycles. The molecule has 1 amide bonds. The maximum Gasteiger partial charge on any atom is 0.267 e. The smallest absolute Gasteiger partial charge is 0.267 e. The molecule has 0 fully saturated rings. The summed E-state index contributed by atoms with van der Waals surface area (Å²) in [6, 6.07) is 17.6. The van der Waals surface area contributed by atoms with Crippen molar-refractivity contribution in [1.29, 1.82) is 0 Å². The summed E-state index contributed by atoms with van der Waals surface area (Å²) in [7, 11) is 1.77. The number of benzene rings is 2. The average Bonchev–Trinajstić information content (AvgIpc) is 2.76. The van der Waals surface area contributed by atoms with Crippen molar-refractivity contribution in [3.63, 3.8) is 0 Å². The molecule has 148 valence electrons. The first-order valence-corrected chi connectivity index (χ1v) is 9.53. The fourth-order valence-electron chi connectivity index (χ4n) is 3.22. The average molecular weight is 389 g/mol. The number of carbonyl (C=O) groups excluding carboxylic acids is 1. The number of hydrogen-bond acceptors (Lipinski definition) is 5. The lowest BCUT2D eigenvalue weighted by atomic mass is 10.1. The van der Waals surface area contributed by atoms with Gasteiger partial charge >= 0.3 is 0 Å². The van der Waals surface area contributed by atoms with Crippen molar-refractivity contribution in [2.75, 3.05) is 17.3 Å². The predicted octanol–water partition coefficient (Wildman–Crippen LogP) is 4.02. The molecule has 29 heavy (non-hydrogen) atoms. The molecule has 0 radical (unpaired) electrons. The van der Waals surface area contributed by atoms with Crippen LogP contribution in [0.3, 0.4) is 0 Å². The van der Waals surface area contributed by atoms with E-state index < -0.39 is 6.10 Å². The van der Waals surface area contributed by atoms with Crippen LogP contribution >= 0.6 is 0 Å². The molecule has 1 aromatic heterocycles. The number of hydrogen-bond donors (Lipinski definition) is 1. The van der Waals surface area contributed by atoms with Gasteiger partial charge in [-0.2, -0.15) is 0 Å². The molecule has 0 aliphatic carbocycles. The Kier molecular flexibility index (Phi) is 5.33. The number of pyridine rings is 1. The highest BCUT2D eigenvalue weighted by atomic mass is 16.5. The third-order valence-corrected chi connectivity index (χ3v) is 4.83. The summed E-state index contributed by atoms with van der Waals surface area (Å²) < 4.78 is 11.5. The Morgan fingerprint density at radius 2 is 2.00 bits per heavy atom. The van der Waals surface area contributed by atoms with E-state index in [0.717, 1.165) is 34.0 Å². The van der Waals surface area contributed by atoms with Crippen molar-refractivity contribution in [1.82, 2.24) is 4.98 Å². The molecular weight excluding hydrogens is 366 g/mol. The zero-order chi connectivity index (χ0) is 20.2. The Balaban J connectivity index is 1.40. The Hall–Kier alpha value is -3.54. The molecule has 1 aliphatic heterocycles. The summed E-state index contributed by atoms with van der Waals surface area (Å²) in [6.07, 6.45) is 3.09. The number of nitrogens with one attached hydrogen (secondary N) is 1. The molecule has 3 aromatic rings. The largest absolute Gasteiger partial charge is 0.489 e. The summed E-state index contributed by atoms with van der Waals surface area (Å²) >= 11 is 0. The third kappa shape index (κ3) is 4.32. The number of carbonyl (C=O) groups is 1. The van der Waals surface area contributed by atoms with Crippen molar-refractivity contribution < 1.29 is 14.3 Å². The summed E-state index contributed by atoms with van der Waals surface area (Å²) in [4.78, 5) is 17.9. The van der Waals surface area contributed by atoms with Crippen molar-refractivity contribution in [3.8, 4) is 11.5 Å². The predicted molar refractivity (Wildman–Crippen MR) is 112 cm³/mol. The van der Waals surface area contributed by atoms with Crippen molar-refractivity contribution >= 4 is 17.3 Å². The van der Waals surface area contributed by atoms with Gasteiger partial charge in [0.15, 0.2) is 6.10 Å². The van der Waals surface area contributed by atoms with Crippen LogP contribution in [0.4, 0.5) is 11.4 Å². The van der Waals surface area contributed by atoms with E-state index in [1.807, 2.05) is 54.6 Å². The van der Waals surface area contributed by atoms with Gasteiger partial charge in [-0.1, -0.05) is 18.2 Å². The van der Waals surface area contributed by atoms with Crippen LogP contribution in [0.5, 0.6) is 11.5 Å². The minimum atomic E-state index is -0.458. The summed E-state index contributed by atoms with van der Waals surface area (Å²) in [5.41, 5.74) is 3.82. The quantitative estimate of drug-likeness (QED) is 0.690. The van der Waals surface area contributed by atoms with Crippen molar-refractivity contribution in [2.24, 2.45) is 0 Å². The molecule has 6 nitrogen and oxygen atoms in total. The van der Waals surface area contributed by atoms with E-state index in [4.69, 9.17) is 9.47 Å². The van der Waals surface area contributed by atoms with Crippen LogP contribution in [0.2, 0.25) is 0 Å². The Labute approximate surface area is 170 Å². The second-order valence-electron chi connectivity index (χ2n) is 6.99. The number of fused-ring (bicyclic) bond motifs is 1. The van der Waals surface area contributed by atoms with E-state index >= 15 is 0 Å². The third-order valence-electron chi connectivity index (χ3n) is 4.83. The first-order valence-electron chi connectivity index (χ1n) is 9.53. The van der Waals surface area contributed by atoms with E-state index in [0.29, 0.717) is 13.2 Å². The first-order chi connectivity index (χ1) is 14.1. The van der Waals surface area contributed by atoms with Gasteiger partial charge < -0.3 is 19.7 Å². The van der Waals surface area contributed by atoms with Crippen LogP contribution in [0, 0.1) is 0 Å². The van der Waals surface area contributed by atoms with E-state index in [1.54, 1.807) is 31.3 Å². The summed E-state index contributed by atoms with van der Waals surface area (Å²) in [5, 5.41) is 3.40. The lowest BCUT2D eigenvalue weighted by Crippen LogP contribution is -2.41. The molecule has 0 spiro atoms. The standard InChI is InChI=1S/C23H23N3O3/c1-16-23(27)26(2)21-12-19(8-9-22(21)29-16)25-14-17-5-3-7-20(11-17)28-15-18-6-4-10-24-13-18/h3-13,16,25H,14-15H2,1-2H3/t16-/m1/s1. The number of aromatic nitrogens is 1. The van der Waals surface area contributed by atoms with Crippen molar-refractivity contribution in [3.05, 3.63) is 78.1 Å². The number of ether oxygens (including phenoxy) is 2. The van der Waals surface area contributed by atoms with Crippen LogP contribution in [-0.4, -0.2) is 24.0 Å². The molecule has 0 saturated heterocycles. The molecule has 0 unspecified atom stereocenters. The van der Waals surface area contributed by atoms with Crippen LogP contribution in [0.1, 0.15) is 18.1 Å². The van der Waals surface area contributed by atoms with Gasteiger partial charge in [-0.3, -0.25) is 9.78 Å². The normalized spacial score (nSPS) is 15.4. The van der Waals surface area contributed by atoms with Gasteiger partial charge in [0, 0.05) is 37.2 Å². The molecule has 2 heterocycles. The fourth-order valence-corrected chi connectivity index (χ4v) is 3.22. The van der Waals surface area contributed by atoms with E-state index in [-0.39, 0.29) is 5.91 Å². The monoisotopic (exact) mass is 389 g/mol. The van der Waals surface area contributed by atoms with Crippen LogP contribution in [0.15, 0.2) is 67.0 Å². The molecule has 0 bridgehead atoms. The van der Waals surface area contributed by atoms with Gasteiger partial charge in [0.1, 0.15) is 18.1 Å². The van der Waals surface area contributed by atoms with Crippen LogP contribution in [0.25, 0.3) is 0 Å². The lowest BCUT2D eigenvalue weighted by molar-refractivity contribution is -0.125. The fraction of sp³-hybridized carbons (Fsp3) is 0.217. The number of likely N-dealkylation sites (N-methyl/N-ethyl adjacent to an activating group) is 1. The number of anilines is 2. The maximum atomic E-state index is 12.1. The van der Waals surface area contributed by atoms with E-state index in [9.17, 15) is 4.79 Å². The molecule has 6 heteroatoms. The van der Waals surface area contributed by atoms with E-state index in [1.165, 1.54) is 0 Å². The Bertz CT molecular complexity index is 1010.